The van der Waals surface area contributed by atoms with Crippen molar-refractivity contribution in [3.8, 4) is 0 Å². The molecule has 2 rings (SSSR count). The van der Waals surface area contributed by atoms with Crippen LogP contribution in [0.2, 0.25) is 0 Å². The Morgan fingerprint density at radius 2 is 1.96 bits per heavy atom. The normalized spacial score (nSPS) is 10.5. The fraction of sp³-hybridized carbons (Fsp3) is 0.353. The van der Waals surface area contributed by atoms with Crippen LogP contribution in [0.5, 0.6) is 0 Å². The third kappa shape index (κ3) is 6.91. The maximum absolute atomic E-state index is 12.0. The van der Waals surface area contributed by atoms with Crippen LogP contribution < -0.4 is 10.6 Å². The zero-order valence-electron chi connectivity index (χ0n) is 14.0. The number of unbranched alkanes of at least 4 members (excludes halogenated alkanes) is 1. The van der Waals surface area contributed by atoms with E-state index in [0.29, 0.717) is 5.82 Å². The average Bonchev–Trinajstić information content (AvgIpc) is 2.99. The van der Waals surface area contributed by atoms with Crippen LogP contribution in [0.4, 0.5) is 11.5 Å². The van der Waals surface area contributed by atoms with Crippen LogP contribution in [0.15, 0.2) is 41.0 Å². The van der Waals surface area contributed by atoms with Crippen LogP contribution in [0.25, 0.3) is 0 Å². The van der Waals surface area contributed by atoms with Gasteiger partial charge in [-0.05, 0) is 24.6 Å². The number of carbonyl (C=O) groups excluding carboxylic acids is 2. The summed E-state index contributed by atoms with van der Waals surface area (Å²) in [6, 6.07) is 9.16. The number of hydrogen-bond acceptors (Lipinski definition) is 4. The van der Waals surface area contributed by atoms with Gasteiger partial charge in [-0.15, -0.1) is 11.8 Å². The van der Waals surface area contributed by atoms with Crippen LogP contribution in [-0.4, -0.2) is 33.1 Å². The zero-order valence-corrected chi connectivity index (χ0v) is 16.4. The molecule has 25 heavy (non-hydrogen) atoms. The first-order valence-corrected chi connectivity index (χ1v) is 9.98. The SMILES string of the molecule is CCCCn1nccc1NC(=O)CSCC(=O)Nc1cccc(Br)c1. The van der Waals surface area contributed by atoms with Crippen molar-refractivity contribution in [1.29, 1.82) is 0 Å². The first-order valence-electron chi connectivity index (χ1n) is 8.03. The monoisotopic (exact) mass is 424 g/mol. The number of halogens is 1. The topological polar surface area (TPSA) is 76.0 Å². The molecule has 1 aromatic carbocycles. The molecule has 1 aromatic heterocycles. The van der Waals surface area contributed by atoms with Gasteiger partial charge in [-0.2, -0.15) is 5.10 Å². The molecule has 0 fully saturated rings. The number of nitrogens with one attached hydrogen (secondary N) is 2. The number of aryl methyl sites for hydroxylation is 1. The Morgan fingerprint density at radius 3 is 2.68 bits per heavy atom. The van der Waals surface area contributed by atoms with Crippen LogP contribution in [0.1, 0.15) is 19.8 Å². The number of nitrogens with zero attached hydrogens (tertiary/aromatic N) is 2. The molecule has 0 radical (unpaired) electrons. The summed E-state index contributed by atoms with van der Waals surface area (Å²) in [5.74, 6) is 0.847. The third-order valence-electron chi connectivity index (χ3n) is 3.28. The summed E-state index contributed by atoms with van der Waals surface area (Å²) in [5.41, 5.74) is 0.726. The van der Waals surface area contributed by atoms with Gasteiger partial charge in [-0.3, -0.25) is 9.59 Å². The van der Waals surface area contributed by atoms with Gasteiger partial charge >= 0.3 is 0 Å². The predicted octanol–water partition coefficient (Wildman–Crippen LogP) is 3.76. The molecular formula is C17H21BrN4O2S. The fourth-order valence-corrected chi connectivity index (χ4v) is 3.12. The van der Waals surface area contributed by atoms with Crippen LogP contribution in [0.3, 0.4) is 0 Å². The lowest BCUT2D eigenvalue weighted by Crippen LogP contribution is -2.20. The molecule has 2 amide bonds. The van der Waals surface area contributed by atoms with Crippen LogP contribution >= 0.6 is 27.7 Å². The Morgan fingerprint density at radius 1 is 1.20 bits per heavy atom. The molecule has 0 bridgehead atoms. The number of hydrogen-bond donors (Lipinski definition) is 2. The summed E-state index contributed by atoms with van der Waals surface area (Å²) < 4.78 is 2.68. The van der Waals surface area contributed by atoms with Gasteiger partial charge in [-0.25, -0.2) is 4.68 Å². The Balaban J connectivity index is 1.71. The maximum atomic E-state index is 12.0. The second kappa shape index (κ2) is 10.2. The van der Waals surface area contributed by atoms with Crippen molar-refractivity contribution in [2.24, 2.45) is 0 Å². The standard InChI is InChI=1S/C17H21BrN4O2S/c1-2-3-9-22-15(7-8-19-22)21-17(24)12-25-11-16(23)20-14-6-4-5-13(18)10-14/h4-8,10H,2-3,9,11-12H2,1H3,(H,20,23)(H,21,24). The first kappa shape index (κ1) is 19.5. The largest absolute Gasteiger partial charge is 0.325 e. The second-order valence-corrected chi connectivity index (χ2v) is 7.29. The number of anilines is 2. The number of thioether (sulfide) groups is 1. The summed E-state index contributed by atoms with van der Waals surface area (Å²) in [6.45, 7) is 2.89. The Bertz CT molecular complexity index is 720. The molecule has 0 aliphatic heterocycles. The molecule has 2 aromatic rings. The lowest BCUT2D eigenvalue weighted by atomic mass is 10.3. The van der Waals surface area contributed by atoms with Crippen molar-refractivity contribution >= 4 is 51.0 Å². The summed E-state index contributed by atoms with van der Waals surface area (Å²) in [7, 11) is 0. The van der Waals surface area contributed by atoms with Crippen molar-refractivity contribution in [2.45, 2.75) is 26.3 Å². The first-order chi connectivity index (χ1) is 12.1. The van der Waals surface area contributed by atoms with E-state index in [1.165, 1.54) is 11.8 Å². The number of benzene rings is 1. The number of aromatic nitrogens is 2. The molecule has 1 heterocycles. The van der Waals surface area contributed by atoms with Gasteiger partial charge < -0.3 is 10.6 Å². The van der Waals surface area contributed by atoms with E-state index in [1.807, 2.05) is 24.3 Å². The Kier molecular flexibility index (Phi) is 8.00. The molecule has 0 atom stereocenters. The molecule has 0 unspecified atom stereocenters. The molecule has 6 nitrogen and oxygen atoms in total. The predicted molar refractivity (Wildman–Crippen MR) is 106 cm³/mol. The van der Waals surface area contributed by atoms with Gasteiger partial charge in [0.25, 0.3) is 0 Å². The van der Waals surface area contributed by atoms with Crippen LogP contribution in [-0.2, 0) is 16.1 Å². The smallest absolute Gasteiger partial charge is 0.235 e. The molecule has 0 saturated carbocycles. The highest BCUT2D eigenvalue weighted by Gasteiger charge is 2.09. The highest BCUT2D eigenvalue weighted by Crippen LogP contribution is 2.16. The Labute approximate surface area is 159 Å². The van der Waals surface area contributed by atoms with E-state index in [4.69, 9.17) is 0 Å². The molecule has 2 N–H and O–H groups in total. The third-order valence-corrected chi connectivity index (χ3v) is 4.71. The van der Waals surface area contributed by atoms with Gasteiger partial charge in [0.2, 0.25) is 11.8 Å². The molecule has 0 saturated heterocycles. The average molecular weight is 425 g/mol. The van der Waals surface area contributed by atoms with Crippen molar-refractivity contribution < 1.29 is 9.59 Å². The summed E-state index contributed by atoms with van der Waals surface area (Å²) in [5, 5.41) is 9.83. The lowest BCUT2D eigenvalue weighted by molar-refractivity contribution is -0.114. The Hall–Kier alpha value is -1.80. The van der Waals surface area contributed by atoms with Gasteiger partial charge in [-0.1, -0.05) is 35.3 Å². The molecule has 8 heteroatoms. The lowest BCUT2D eigenvalue weighted by Gasteiger charge is -2.08. The van der Waals surface area contributed by atoms with Gasteiger partial charge in [0, 0.05) is 22.8 Å². The minimum absolute atomic E-state index is 0.135. The van der Waals surface area contributed by atoms with E-state index < -0.39 is 0 Å². The molecule has 0 spiro atoms. The van der Waals surface area contributed by atoms with Crippen molar-refractivity contribution in [1.82, 2.24) is 9.78 Å². The fourth-order valence-electron chi connectivity index (χ4n) is 2.10. The van der Waals surface area contributed by atoms with E-state index in [1.54, 1.807) is 16.9 Å². The molecular weight excluding hydrogens is 404 g/mol. The second-order valence-electron chi connectivity index (χ2n) is 5.39. The zero-order chi connectivity index (χ0) is 18.1. The minimum atomic E-state index is -0.140. The van der Waals surface area contributed by atoms with Crippen LogP contribution in [0, 0.1) is 0 Å². The molecule has 0 aliphatic rings. The van der Waals surface area contributed by atoms with Gasteiger partial charge in [0.15, 0.2) is 0 Å². The van der Waals surface area contributed by atoms with E-state index in [9.17, 15) is 9.59 Å². The molecule has 0 aliphatic carbocycles. The highest BCUT2D eigenvalue weighted by atomic mass is 79.9. The summed E-state index contributed by atoms with van der Waals surface area (Å²) in [4.78, 5) is 23.9. The van der Waals surface area contributed by atoms with Crippen molar-refractivity contribution in [2.75, 3.05) is 22.1 Å². The van der Waals surface area contributed by atoms with E-state index in [0.717, 1.165) is 29.5 Å². The highest BCUT2D eigenvalue weighted by molar-refractivity contribution is 9.10. The van der Waals surface area contributed by atoms with E-state index in [-0.39, 0.29) is 23.3 Å². The van der Waals surface area contributed by atoms with Crippen molar-refractivity contribution in [3.63, 3.8) is 0 Å². The van der Waals surface area contributed by atoms with Gasteiger partial charge in [0.1, 0.15) is 5.82 Å². The number of carbonyl (C=O) groups is 2. The summed E-state index contributed by atoms with van der Waals surface area (Å²) in [6.07, 6.45) is 3.75. The summed E-state index contributed by atoms with van der Waals surface area (Å²) >= 11 is 4.63. The maximum Gasteiger partial charge on any atom is 0.235 e. The van der Waals surface area contributed by atoms with Crippen molar-refractivity contribution in [3.05, 3.63) is 41.0 Å². The van der Waals surface area contributed by atoms with Gasteiger partial charge in [0.05, 0.1) is 17.7 Å². The van der Waals surface area contributed by atoms with E-state index >= 15 is 0 Å². The quantitative estimate of drug-likeness (QED) is 0.642. The van der Waals surface area contributed by atoms with E-state index in [2.05, 4.69) is 38.6 Å². The molecule has 134 valence electrons. The number of rotatable bonds is 9. The minimum Gasteiger partial charge on any atom is -0.325 e. The number of amides is 2.